The molecule has 0 aromatic heterocycles. The second kappa shape index (κ2) is 7.61. The molecule has 0 unspecified atom stereocenters. The van der Waals surface area contributed by atoms with E-state index in [0.29, 0.717) is 19.6 Å². The molecule has 0 spiro atoms. The lowest BCUT2D eigenvalue weighted by molar-refractivity contribution is -0.385. The number of nitrogens with zero attached hydrogens (tertiary/aromatic N) is 3. The standard InChI is InChI=1S/C17H22BrN3O5/c1-11-10-19(8-9-20(11)16(23)26-17(2,3)4)15(22)12-6-5-7-13(14(12)18)21(24)25/h5-7,11H,8-10H2,1-4H3/t11-/m1/s1. The van der Waals surface area contributed by atoms with Crippen LogP contribution in [-0.2, 0) is 4.74 Å². The maximum atomic E-state index is 12.8. The number of hydrogen-bond donors (Lipinski definition) is 0. The Bertz CT molecular complexity index is 732. The maximum Gasteiger partial charge on any atom is 0.410 e. The van der Waals surface area contributed by atoms with E-state index in [4.69, 9.17) is 4.74 Å². The second-order valence-corrected chi connectivity index (χ2v) is 7.96. The first-order chi connectivity index (χ1) is 12.0. The first-order valence-corrected chi connectivity index (χ1v) is 9.02. The Morgan fingerprint density at radius 1 is 1.31 bits per heavy atom. The lowest BCUT2D eigenvalue weighted by Gasteiger charge is -2.40. The second-order valence-electron chi connectivity index (χ2n) is 7.17. The molecular weight excluding hydrogens is 406 g/mol. The monoisotopic (exact) mass is 427 g/mol. The molecule has 0 bridgehead atoms. The van der Waals surface area contributed by atoms with E-state index in [1.54, 1.807) is 36.6 Å². The average molecular weight is 428 g/mol. The Morgan fingerprint density at radius 2 is 1.96 bits per heavy atom. The summed E-state index contributed by atoms with van der Waals surface area (Å²) in [5, 5.41) is 11.0. The number of benzene rings is 1. The quantitative estimate of drug-likeness (QED) is 0.532. The fraction of sp³-hybridized carbons (Fsp3) is 0.529. The Kier molecular flexibility index (Phi) is 5.90. The molecule has 1 aliphatic rings. The average Bonchev–Trinajstić information content (AvgIpc) is 2.52. The predicted molar refractivity (Wildman–Crippen MR) is 99.1 cm³/mol. The topological polar surface area (TPSA) is 93.0 Å². The third-order valence-corrected chi connectivity index (χ3v) is 4.78. The van der Waals surface area contributed by atoms with E-state index >= 15 is 0 Å². The molecule has 1 atom stereocenters. The van der Waals surface area contributed by atoms with Crippen LogP contribution in [-0.4, -0.2) is 58.0 Å². The highest BCUT2D eigenvalue weighted by molar-refractivity contribution is 9.10. The van der Waals surface area contributed by atoms with Crippen LogP contribution in [0.5, 0.6) is 0 Å². The van der Waals surface area contributed by atoms with Gasteiger partial charge in [0.2, 0.25) is 0 Å². The zero-order chi connectivity index (χ0) is 19.6. The number of halogens is 1. The minimum absolute atomic E-state index is 0.156. The minimum Gasteiger partial charge on any atom is -0.444 e. The molecule has 1 aliphatic heterocycles. The van der Waals surface area contributed by atoms with E-state index in [1.807, 2.05) is 6.92 Å². The van der Waals surface area contributed by atoms with Gasteiger partial charge >= 0.3 is 6.09 Å². The highest BCUT2D eigenvalue weighted by atomic mass is 79.9. The number of piperazine rings is 1. The van der Waals surface area contributed by atoms with E-state index in [9.17, 15) is 19.7 Å². The van der Waals surface area contributed by atoms with E-state index < -0.39 is 16.6 Å². The minimum atomic E-state index is -0.586. The van der Waals surface area contributed by atoms with Crippen molar-refractivity contribution in [3.05, 3.63) is 38.3 Å². The zero-order valence-electron chi connectivity index (χ0n) is 15.2. The smallest absolute Gasteiger partial charge is 0.410 e. The number of rotatable bonds is 2. The lowest BCUT2D eigenvalue weighted by atomic mass is 10.1. The first-order valence-electron chi connectivity index (χ1n) is 8.23. The van der Waals surface area contributed by atoms with Gasteiger partial charge in [0, 0.05) is 31.7 Å². The Morgan fingerprint density at radius 3 is 2.50 bits per heavy atom. The van der Waals surface area contributed by atoms with Crippen LogP contribution < -0.4 is 0 Å². The summed E-state index contributed by atoms with van der Waals surface area (Å²) in [4.78, 5) is 38.7. The number of amides is 2. The largest absolute Gasteiger partial charge is 0.444 e. The molecular formula is C17H22BrN3O5. The number of hydrogen-bond acceptors (Lipinski definition) is 5. The molecule has 1 aromatic carbocycles. The van der Waals surface area contributed by atoms with Gasteiger partial charge < -0.3 is 14.5 Å². The SMILES string of the molecule is C[C@@H]1CN(C(=O)c2cccc([N+](=O)[O-])c2Br)CCN1C(=O)OC(C)(C)C. The van der Waals surface area contributed by atoms with Gasteiger partial charge in [-0.15, -0.1) is 0 Å². The summed E-state index contributed by atoms with van der Waals surface area (Å²) in [6, 6.07) is 4.14. The molecule has 9 heteroatoms. The molecule has 1 aromatic rings. The van der Waals surface area contributed by atoms with Crippen LogP contribution in [0.1, 0.15) is 38.1 Å². The normalized spacial score (nSPS) is 17.8. The van der Waals surface area contributed by atoms with Crippen LogP contribution >= 0.6 is 15.9 Å². The summed E-state index contributed by atoms with van der Waals surface area (Å²) in [5.41, 5.74) is -0.508. The van der Waals surface area contributed by atoms with Crippen LogP contribution in [0.25, 0.3) is 0 Å². The summed E-state index contributed by atoms with van der Waals surface area (Å²) < 4.78 is 5.55. The van der Waals surface area contributed by atoms with Gasteiger partial charge in [0.1, 0.15) is 10.1 Å². The fourth-order valence-electron chi connectivity index (χ4n) is 2.73. The highest BCUT2D eigenvalue weighted by Gasteiger charge is 2.33. The van der Waals surface area contributed by atoms with Crippen molar-refractivity contribution in [1.29, 1.82) is 0 Å². The zero-order valence-corrected chi connectivity index (χ0v) is 16.8. The molecule has 8 nitrogen and oxygen atoms in total. The van der Waals surface area contributed by atoms with Gasteiger partial charge in [-0.1, -0.05) is 6.07 Å². The summed E-state index contributed by atoms with van der Waals surface area (Å²) in [7, 11) is 0. The highest BCUT2D eigenvalue weighted by Crippen LogP contribution is 2.29. The molecule has 142 valence electrons. The van der Waals surface area contributed by atoms with Crippen molar-refractivity contribution in [1.82, 2.24) is 9.80 Å². The van der Waals surface area contributed by atoms with Crippen molar-refractivity contribution in [3.63, 3.8) is 0 Å². The molecule has 0 saturated carbocycles. The van der Waals surface area contributed by atoms with Gasteiger partial charge in [-0.05, 0) is 49.7 Å². The van der Waals surface area contributed by atoms with Crippen molar-refractivity contribution in [2.24, 2.45) is 0 Å². The predicted octanol–water partition coefficient (Wildman–Crippen LogP) is 3.44. The van der Waals surface area contributed by atoms with E-state index in [0.717, 1.165) is 0 Å². The third-order valence-electron chi connectivity index (χ3n) is 3.95. The van der Waals surface area contributed by atoms with Gasteiger partial charge in [0.05, 0.1) is 10.5 Å². The van der Waals surface area contributed by atoms with E-state index in [-0.39, 0.29) is 27.7 Å². The molecule has 2 amide bonds. The molecule has 0 radical (unpaired) electrons. The van der Waals surface area contributed by atoms with Crippen molar-refractivity contribution in [3.8, 4) is 0 Å². The molecule has 26 heavy (non-hydrogen) atoms. The van der Waals surface area contributed by atoms with Crippen molar-refractivity contribution in [2.45, 2.75) is 39.3 Å². The fourth-order valence-corrected chi connectivity index (χ4v) is 3.31. The molecule has 1 saturated heterocycles. The lowest BCUT2D eigenvalue weighted by Crippen LogP contribution is -2.56. The van der Waals surface area contributed by atoms with Gasteiger partial charge in [-0.25, -0.2) is 4.79 Å². The summed E-state index contributed by atoms with van der Waals surface area (Å²) in [6.45, 7) is 8.24. The Hall–Kier alpha value is -2.16. The van der Waals surface area contributed by atoms with Crippen LogP contribution in [0.4, 0.5) is 10.5 Å². The van der Waals surface area contributed by atoms with Gasteiger partial charge in [0.15, 0.2) is 0 Å². The molecule has 0 aliphatic carbocycles. The number of nitro benzene ring substituents is 1. The number of carbonyl (C=O) groups excluding carboxylic acids is 2. The number of ether oxygens (including phenoxy) is 1. The van der Waals surface area contributed by atoms with Gasteiger partial charge in [-0.3, -0.25) is 14.9 Å². The third kappa shape index (κ3) is 4.51. The van der Waals surface area contributed by atoms with Gasteiger partial charge in [0.25, 0.3) is 11.6 Å². The van der Waals surface area contributed by atoms with Crippen LogP contribution in [0, 0.1) is 10.1 Å². The first kappa shape index (κ1) is 20.2. The summed E-state index contributed by atoms with van der Waals surface area (Å²) >= 11 is 3.16. The molecule has 0 N–H and O–H groups in total. The number of nitro groups is 1. The van der Waals surface area contributed by atoms with Gasteiger partial charge in [-0.2, -0.15) is 0 Å². The number of carbonyl (C=O) groups is 2. The Labute approximate surface area is 160 Å². The summed E-state index contributed by atoms with van der Waals surface area (Å²) in [5.74, 6) is -0.309. The van der Waals surface area contributed by atoms with Crippen molar-refractivity contribution < 1.29 is 19.2 Å². The molecule has 1 fully saturated rings. The van der Waals surface area contributed by atoms with Crippen LogP contribution in [0.15, 0.2) is 22.7 Å². The van der Waals surface area contributed by atoms with Crippen LogP contribution in [0.2, 0.25) is 0 Å². The van der Waals surface area contributed by atoms with E-state index in [2.05, 4.69) is 15.9 Å². The molecule has 2 rings (SSSR count). The Balaban J connectivity index is 2.12. The molecule has 1 heterocycles. The van der Waals surface area contributed by atoms with Crippen LogP contribution in [0.3, 0.4) is 0 Å². The van der Waals surface area contributed by atoms with Crippen molar-refractivity contribution in [2.75, 3.05) is 19.6 Å². The maximum absolute atomic E-state index is 12.8. The summed E-state index contributed by atoms with van der Waals surface area (Å²) in [6.07, 6.45) is -0.409. The van der Waals surface area contributed by atoms with E-state index in [1.165, 1.54) is 12.1 Å². The van der Waals surface area contributed by atoms with Crippen molar-refractivity contribution >= 4 is 33.6 Å².